The third kappa shape index (κ3) is 3.60. The summed E-state index contributed by atoms with van der Waals surface area (Å²) < 4.78 is 0. The molecule has 1 unspecified atom stereocenters. The molecule has 1 heterocycles. The molecule has 0 fully saturated rings. The first-order valence-corrected chi connectivity index (χ1v) is 5.88. The minimum Gasteiger partial charge on any atom is -0.309 e. The molecule has 2 nitrogen and oxygen atoms in total. The maximum Gasteiger partial charge on any atom is 0.0794 e. The number of hydrogen-bond acceptors (Lipinski definition) is 3. The molecule has 0 aromatic carbocycles. The van der Waals surface area contributed by atoms with E-state index in [0.29, 0.717) is 6.04 Å². The second-order valence-electron chi connectivity index (χ2n) is 3.57. The van der Waals surface area contributed by atoms with E-state index < -0.39 is 0 Å². The topological polar surface area (TPSA) is 24.9 Å². The third-order valence-corrected chi connectivity index (χ3v) is 2.88. The Hall–Kier alpha value is -0.670. The molecule has 0 aliphatic rings. The lowest BCUT2D eigenvalue weighted by Crippen LogP contribution is -2.21. The van der Waals surface area contributed by atoms with Crippen molar-refractivity contribution in [3.05, 3.63) is 28.7 Å². The lowest BCUT2D eigenvalue weighted by Gasteiger charge is -2.16. The van der Waals surface area contributed by atoms with Crippen molar-refractivity contribution in [3.63, 3.8) is 0 Å². The Balaban J connectivity index is 2.57. The maximum absolute atomic E-state index is 4.11. The molecule has 0 bridgehead atoms. The van der Waals surface area contributed by atoms with E-state index in [4.69, 9.17) is 0 Å². The summed E-state index contributed by atoms with van der Waals surface area (Å²) in [5, 5.41) is 3.51. The SMILES string of the molecule is C=C(C)CC(NCCC)c1cncs1. The first-order valence-electron chi connectivity index (χ1n) is 5.00. The monoisotopic (exact) mass is 210 g/mol. The standard InChI is InChI=1S/C11H18N2S/c1-4-5-13-10(6-9(2)3)11-7-12-8-14-11/h7-8,10,13H,2,4-6H2,1,3H3. The molecule has 0 spiro atoms. The molecule has 0 radical (unpaired) electrons. The van der Waals surface area contributed by atoms with Gasteiger partial charge in [-0.2, -0.15) is 0 Å². The van der Waals surface area contributed by atoms with Crippen LogP contribution in [-0.4, -0.2) is 11.5 Å². The van der Waals surface area contributed by atoms with Crippen molar-refractivity contribution in [2.75, 3.05) is 6.54 Å². The maximum atomic E-state index is 4.11. The number of thiazole rings is 1. The highest BCUT2D eigenvalue weighted by Gasteiger charge is 2.11. The molecular weight excluding hydrogens is 192 g/mol. The predicted molar refractivity (Wildman–Crippen MR) is 62.6 cm³/mol. The number of nitrogens with one attached hydrogen (secondary N) is 1. The summed E-state index contributed by atoms with van der Waals surface area (Å²) in [6, 6.07) is 0.403. The first kappa shape index (κ1) is 11.4. The van der Waals surface area contributed by atoms with Gasteiger partial charge < -0.3 is 5.32 Å². The van der Waals surface area contributed by atoms with E-state index >= 15 is 0 Å². The molecule has 1 N–H and O–H groups in total. The Morgan fingerprint density at radius 2 is 2.50 bits per heavy atom. The highest BCUT2D eigenvalue weighted by molar-refractivity contribution is 7.09. The summed E-state index contributed by atoms with van der Waals surface area (Å²) >= 11 is 1.71. The van der Waals surface area contributed by atoms with Crippen LogP contribution >= 0.6 is 11.3 Å². The van der Waals surface area contributed by atoms with Crippen molar-refractivity contribution >= 4 is 11.3 Å². The van der Waals surface area contributed by atoms with Crippen molar-refractivity contribution in [1.82, 2.24) is 10.3 Å². The number of rotatable bonds is 6. The second-order valence-corrected chi connectivity index (χ2v) is 4.49. The summed E-state index contributed by atoms with van der Waals surface area (Å²) in [5.41, 5.74) is 3.10. The van der Waals surface area contributed by atoms with Crippen LogP contribution in [0, 0.1) is 0 Å². The van der Waals surface area contributed by atoms with E-state index in [9.17, 15) is 0 Å². The van der Waals surface area contributed by atoms with Crippen molar-refractivity contribution < 1.29 is 0 Å². The zero-order chi connectivity index (χ0) is 10.4. The van der Waals surface area contributed by atoms with Crippen LogP contribution in [0.2, 0.25) is 0 Å². The Morgan fingerprint density at radius 1 is 1.71 bits per heavy atom. The predicted octanol–water partition coefficient (Wildman–Crippen LogP) is 3.15. The van der Waals surface area contributed by atoms with Gasteiger partial charge in [-0.15, -0.1) is 17.9 Å². The zero-order valence-electron chi connectivity index (χ0n) is 8.92. The quantitative estimate of drug-likeness (QED) is 0.730. The molecule has 0 saturated heterocycles. The van der Waals surface area contributed by atoms with E-state index in [-0.39, 0.29) is 0 Å². The number of hydrogen-bond donors (Lipinski definition) is 1. The van der Waals surface area contributed by atoms with Crippen LogP contribution in [0.4, 0.5) is 0 Å². The molecule has 1 rings (SSSR count). The fourth-order valence-corrected chi connectivity index (χ4v) is 2.03. The lowest BCUT2D eigenvalue weighted by atomic mass is 10.1. The largest absolute Gasteiger partial charge is 0.309 e. The van der Waals surface area contributed by atoms with Gasteiger partial charge in [0, 0.05) is 17.1 Å². The third-order valence-electron chi connectivity index (χ3n) is 1.99. The van der Waals surface area contributed by atoms with E-state index in [1.165, 1.54) is 10.5 Å². The molecule has 0 aliphatic heterocycles. The van der Waals surface area contributed by atoms with Gasteiger partial charge in [-0.25, -0.2) is 0 Å². The normalized spacial score (nSPS) is 12.7. The summed E-state index contributed by atoms with van der Waals surface area (Å²) in [6.45, 7) is 9.26. The minimum atomic E-state index is 0.403. The summed E-state index contributed by atoms with van der Waals surface area (Å²) in [7, 11) is 0. The molecular formula is C11H18N2S. The van der Waals surface area contributed by atoms with Crippen molar-refractivity contribution in [2.45, 2.75) is 32.7 Å². The van der Waals surface area contributed by atoms with E-state index in [0.717, 1.165) is 19.4 Å². The van der Waals surface area contributed by atoms with Gasteiger partial charge in [-0.1, -0.05) is 12.5 Å². The number of nitrogens with zero attached hydrogens (tertiary/aromatic N) is 1. The molecule has 1 aromatic rings. The molecule has 0 amide bonds. The van der Waals surface area contributed by atoms with Crippen molar-refractivity contribution in [1.29, 1.82) is 0 Å². The fraction of sp³-hybridized carbons (Fsp3) is 0.545. The van der Waals surface area contributed by atoms with Gasteiger partial charge in [0.2, 0.25) is 0 Å². The van der Waals surface area contributed by atoms with Gasteiger partial charge in [0.05, 0.1) is 5.51 Å². The first-order chi connectivity index (χ1) is 6.74. The zero-order valence-corrected chi connectivity index (χ0v) is 9.73. The Morgan fingerprint density at radius 3 is 3.00 bits per heavy atom. The molecule has 3 heteroatoms. The minimum absolute atomic E-state index is 0.403. The summed E-state index contributed by atoms with van der Waals surface area (Å²) in [4.78, 5) is 5.41. The molecule has 78 valence electrons. The van der Waals surface area contributed by atoms with Gasteiger partial charge in [0.15, 0.2) is 0 Å². The fourth-order valence-electron chi connectivity index (χ4n) is 1.34. The highest BCUT2D eigenvalue weighted by atomic mass is 32.1. The Kier molecular flexibility index (Phi) is 4.84. The number of aromatic nitrogens is 1. The van der Waals surface area contributed by atoms with Crippen LogP contribution in [-0.2, 0) is 0 Å². The molecule has 0 aliphatic carbocycles. The molecule has 14 heavy (non-hydrogen) atoms. The van der Waals surface area contributed by atoms with Crippen LogP contribution < -0.4 is 5.32 Å². The Labute approximate surface area is 90.1 Å². The van der Waals surface area contributed by atoms with Gasteiger partial charge in [-0.05, 0) is 26.3 Å². The average molecular weight is 210 g/mol. The molecule has 1 aromatic heterocycles. The van der Waals surface area contributed by atoms with Crippen LogP contribution in [0.15, 0.2) is 23.9 Å². The van der Waals surface area contributed by atoms with E-state index in [1.54, 1.807) is 11.3 Å². The molecule has 1 atom stereocenters. The van der Waals surface area contributed by atoms with Gasteiger partial charge >= 0.3 is 0 Å². The van der Waals surface area contributed by atoms with Crippen LogP contribution in [0.1, 0.15) is 37.6 Å². The summed E-state index contributed by atoms with van der Waals surface area (Å²) in [6.07, 6.45) is 4.11. The van der Waals surface area contributed by atoms with Crippen LogP contribution in [0.25, 0.3) is 0 Å². The second kappa shape index (κ2) is 5.94. The van der Waals surface area contributed by atoms with Crippen LogP contribution in [0.3, 0.4) is 0 Å². The summed E-state index contributed by atoms with van der Waals surface area (Å²) in [5.74, 6) is 0. The highest BCUT2D eigenvalue weighted by Crippen LogP contribution is 2.23. The van der Waals surface area contributed by atoms with E-state index in [1.807, 2.05) is 11.7 Å². The van der Waals surface area contributed by atoms with Gasteiger partial charge in [0.1, 0.15) is 0 Å². The van der Waals surface area contributed by atoms with Gasteiger partial charge in [-0.3, -0.25) is 4.98 Å². The van der Waals surface area contributed by atoms with Crippen molar-refractivity contribution in [2.24, 2.45) is 0 Å². The average Bonchev–Trinajstić information content (AvgIpc) is 2.64. The van der Waals surface area contributed by atoms with Crippen LogP contribution in [0.5, 0.6) is 0 Å². The van der Waals surface area contributed by atoms with Gasteiger partial charge in [0.25, 0.3) is 0 Å². The lowest BCUT2D eigenvalue weighted by molar-refractivity contribution is 0.534. The smallest absolute Gasteiger partial charge is 0.0794 e. The van der Waals surface area contributed by atoms with E-state index in [2.05, 4.69) is 30.7 Å². The van der Waals surface area contributed by atoms with Crippen molar-refractivity contribution in [3.8, 4) is 0 Å². The Bertz CT molecular complexity index is 267. The molecule has 0 saturated carbocycles.